The minimum absolute atomic E-state index is 0.281. The average molecular weight is 220 g/mol. The zero-order valence-corrected chi connectivity index (χ0v) is 9.46. The van der Waals surface area contributed by atoms with Crippen LogP contribution in [0.2, 0.25) is 0 Å². The number of ether oxygens (including phenoxy) is 2. The van der Waals surface area contributed by atoms with Crippen molar-refractivity contribution in [2.45, 2.75) is 20.0 Å². The fourth-order valence-electron chi connectivity index (χ4n) is 1.08. The van der Waals surface area contributed by atoms with Crippen molar-refractivity contribution in [1.82, 2.24) is 0 Å². The van der Waals surface area contributed by atoms with Gasteiger partial charge in [0.25, 0.3) is 0 Å². The van der Waals surface area contributed by atoms with Crippen LogP contribution in [0.4, 0.5) is 0 Å². The number of thiocarbonyl (C=S) groups is 1. The molecule has 0 aromatic carbocycles. The summed E-state index contributed by atoms with van der Waals surface area (Å²) < 4.78 is 10.6. The molecular formula is C8H12O3S2. The van der Waals surface area contributed by atoms with Crippen LogP contribution >= 0.6 is 24.0 Å². The quantitative estimate of drug-likeness (QED) is 0.495. The number of esters is 1. The second-order valence-corrected chi connectivity index (χ2v) is 4.96. The molecule has 3 nitrogen and oxygen atoms in total. The molecule has 5 heteroatoms. The summed E-state index contributed by atoms with van der Waals surface area (Å²) in [6, 6.07) is 0. The molecule has 1 heterocycles. The molecule has 0 bridgehead atoms. The van der Waals surface area contributed by atoms with E-state index in [1.165, 1.54) is 11.8 Å². The first kappa shape index (κ1) is 10.8. The summed E-state index contributed by atoms with van der Waals surface area (Å²) in [6.07, 6.45) is 1.27. The molecule has 0 N–H and O–H groups in total. The van der Waals surface area contributed by atoms with Gasteiger partial charge < -0.3 is 9.47 Å². The number of carbonyl (C=O) groups excluding carboxylic acids is 1. The van der Waals surface area contributed by atoms with Gasteiger partial charge in [0, 0.05) is 5.41 Å². The Morgan fingerprint density at radius 2 is 2.38 bits per heavy atom. The van der Waals surface area contributed by atoms with Crippen molar-refractivity contribution in [2.75, 3.05) is 12.9 Å². The molecule has 0 saturated carbocycles. The Bertz CT molecular complexity index is 238. The lowest BCUT2D eigenvalue weighted by molar-refractivity contribution is -0.144. The van der Waals surface area contributed by atoms with Gasteiger partial charge in [-0.1, -0.05) is 25.6 Å². The summed E-state index contributed by atoms with van der Waals surface area (Å²) in [5.74, 6) is -0.318. The normalized spacial score (nSPS) is 25.5. The van der Waals surface area contributed by atoms with E-state index in [0.29, 0.717) is 11.0 Å². The van der Waals surface area contributed by atoms with Crippen LogP contribution in [0.1, 0.15) is 13.8 Å². The Morgan fingerprint density at radius 3 is 2.77 bits per heavy atom. The average Bonchev–Trinajstić information content (AvgIpc) is 2.31. The molecule has 13 heavy (non-hydrogen) atoms. The Balaban J connectivity index is 2.66. The van der Waals surface area contributed by atoms with Crippen molar-refractivity contribution in [2.24, 2.45) is 5.41 Å². The van der Waals surface area contributed by atoms with Gasteiger partial charge in [0.05, 0.1) is 0 Å². The van der Waals surface area contributed by atoms with Crippen LogP contribution in [0.15, 0.2) is 0 Å². The topological polar surface area (TPSA) is 35.5 Å². The number of cyclic esters (lactones) is 1. The molecule has 0 aromatic rings. The monoisotopic (exact) mass is 220 g/mol. The van der Waals surface area contributed by atoms with E-state index < -0.39 is 6.10 Å². The van der Waals surface area contributed by atoms with Crippen molar-refractivity contribution in [3.63, 3.8) is 0 Å². The summed E-state index contributed by atoms with van der Waals surface area (Å²) in [5.41, 5.74) is -0.281. The molecule has 1 rings (SSSR count). The van der Waals surface area contributed by atoms with Crippen LogP contribution in [0, 0.1) is 5.41 Å². The molecule has 1 aliphatic heterocycles. The van der Waals surface area contributed by atoms with Crippen molar-refractivity contribution >= 4 is 34.3 Å². The fourth-order valence-corrected chi connectivity index (χ4v) is 1.37. The van der Waals surface area contributed by atoms with Crippen molar-refractivity contribution in [3.8, 4) is 0 Å². The third-order valence-corrected chi connectivity index (χ3v) is 2.92. The number of thioether (sulfide) groups is 1. The predicted octanol–water partition coefficient (Wildman–Crippen LogP) is 1.60. The highest BCUT2D eigenvalue weighted by Crippen LogP contribution is 2.31. The minimum atomic E-state index is -0.549. The first-order chi connectivity index (χ1) is 5.97. The van der Waals surface area contributed by atoms with Crippen LogP contribution in [0.3, 0.4) is 0 Å². The van der Waals surface area contributed by atoms with Gasteiger partial charge in [0.2, 0.25) is 10.5 Å². The molecule has 1 aliphatic rings. The highest BCUT2D eigenvalue weighted by Gasteiger charge is 2.45. The van der Waals surface area contributed by atoms with E-state index in [4.69, 9.17) is 21.7 Å². The van der Waals surface area contributed by atoms with Gasteiger partial charge in [-0.2, -0.15) is 0 Å². The van der Waals surface area contributed by atoms with Gasteiger partial charge in [0.1, 0.15) is 6.61 Å². The summed E-state index contributed by atoms with van der Waals surface area (Å²) in [7, 11) is 0. The lowest BCUT2D eigenvalue weighted by atomic mass is 9.90. The smallest absolute Gasteiger partial charge is 0.348 e. The fraction of sp³-hybridized carbons (Fsp3) is 0.750. The zero-order valence-electron chi connectivity index (χ0n) is 7.83. The Hall–Kier alpha value is -0.290. The van der Waals surface area contributed by atoms with Gasteiger partial charge in [-0.25, -0.2) is 4.79 Å². The van der Waals surface area contributed by atoms with Gasteiger partial charge in [-0.3, -0.25) is 0 Å². The van der Waals surface area contributed by atoms with Gasteiger partial charge in [-0.15, -0.1) is 0 Å². The van der Waals surface area contributed by atoms with Gasteiger partial charge in [-0.05, 0) is 18.5 Å². The van der Waals surface area contributed by atoms with E-state index in [1.54, 1.807) is 0 Å². The highest BCUT2D eigenvalue weighted by molar-refractivity contribution is 8.22. The number of hydrogen-bond donors (Lipinski definition) is 0. The number of hydrogen-bond acceptors (Lipinski definition) is 5. The first-order valence-electron chi connectivity index (χ1n) is 3.88. The number of carbonyl (C=O) groups is 1. The largest absolute Gasteiger partial charge is 0.463 e. The summed E-state index contributed by atoms with van der Waals surface area (Å²) in [5, 5.41) is 0. The van der Waals surface area contributed by atoms with Crippen molar-refractivity contribution < 1.29 is 14.3 Å². The van der Waals surface area contributed by atoms with E-state index in [0.717, 1.165) is 0 Å². The lowest BCUT2D eigenvalue weighted by Crippen LogP contribution is -2.33. The minimum Gasteiger partial charge on any atom is -0.463 e. The molecule has 0 radical (unpaired) electrons. The van der Waals surface area contributed by atoms with E-state index in [-0.39, 0.29) is 11.4 Å². The van der Waals surface area contributed by atoms with E-state index in [1.807, 2.05) is 20.1 Å². The predicted molar refractivity (Wildman–Crippen MR) is 55.7 cm³/mol. The third kappa shape index (κ3) is 2.34. The molecule has 0 amide bonds. The third-order valence-electron chi connectivity index (χ3n) is 1.89. The maximum absolute atomic E-state index is 11.2. The van der Waals surface area contributed by atoms with Crippen LogP contribution < -0.4 is 0 Å². The molecule has 0 aliphatic carbocycles. The zero-order chi connectivity index (χ0) is 10.1. The molecule has 1 saturated heterocycles. The maximum Gasteiger partial charge on any atom is 0.348 e. The standard InChI is InChI=1S/C8H12O3S2/c1-8(2)4-10-6(9)5(8)11-7(12)13-3/h5H,4H2,1-3H3/t5-/m0/s1. The van der Waals surface area contributed by atoms with Crippen LogP contribution in [0.25, 0.3) is 0 Å². The number of rotatable bonds is 1. The molecule has 74 valence electrons. The molecule has 1 atom stereocenters. The van der Waals surface area contributed by atoms with Crippen molar-refractivity contribution in [1.29, 1.82) is 0 Å². The summed E-state index contributed by atoms with van der Waals surface area (Å²) in [6.45, 7) is 4.24. The van der Waals surface area contributed by atoms with E-state index >= 15 is 0 Å². The SMILES string of the molecule is CSC(=S)O[C@H]1C(=O)OCC1(C)C. The van der Waals surface area contributed by atoms with E-state index in [2.05, 4.69) is 0 Å². The maximum atomic E-state index is 11.2. The van der Waals surface area contributed by atoms with Gasteiger partial charge in [0.15, 0.2) is 0 Å². The molecule has 0 unspecified atom stereocenters. The van der Waals surface area contributed by atoms with Crippen LogP contribution in [0.5, 0.6) is 0 Å². The Labute approximate surface area is 87.2 Å². The lowest BCUT2D eigenvalue weighted by Gasteiger charge is -2.21. The van der Waals surface area contributed by atoms with Gasteiger partial charge >= 0.3 is 5.97 Å². The van der Waals surface area contributed by atoms with E-state index in [9.17, 15) is 4.79 Å². The Kier molecular flexibility index (Phi) is 3.18. The van der Waals surface area contributed by atoms with Crippen LogP contribution in [-0.2, 0) is 14.3 Å². The van der Waals surface area contributed by atoms with Crippen LogP contribution in [-0.4, -0.2) is 29.3 Å². The second-order valence-electron chi connectivity index (χ2n) is 3.55. The highest BCUT2D eigenvalue weighted by atomic mass is 32.2. The second kappa shape index (κ2) is 3.84. The summed E-state index contributed by atoms with van der Waals surface area (Å²) >= 11 is 6.20. The summed E-state index contributed by atoms with van der Waals surface area (Å²) in [4.78, 5) is 11.2. The molecule has 0 aromatic heterocycles. The molecule has 1 fully saturated rings. The molecule has 0 spiro atoms. The van der Waals surface area contributed by atoms with Crippen molar-refractivity contribution in [3.05, 3.63) is 0 Å². The Morgan fingerprint density at radius 1 is 1.77 bits per heavy atom. The first-order valence-corrected chi connectivity index (χ1v) is 5.52. The molecular weight excluding hydrogens is 208 g/mol.